The summed E-state index contributed by atoms with van der Waals surface area (Å²) in [5.74, 6) is -0.595. The molecule has 3 aromatic carbocycles. The Morgan fingerprint density at radius 1 is 1.03 bits per heavy atom. The highest BCUT2D eigenvalue weighted by molar-refractivity contribution is 7.93. The molecule has 3 aromatic rings. The monoisotopic (exact) mass is 520 g/mol. The number of rotatable bonds is 11. The molecule has 0 bridgehead atoms. The van der Waals surface area contributed by atoms with Gasteiger partial charge in [0.15, 0.2) is 15.7 Å². The predicted molar refractivity (Wildman–Crippen MR) is 134 cm³/mol. The first kappa shape index (κ1) is 26.9. The van der Waals surface area contributed by atoms with E-state index in [2.05, 4.69) is 10.0 Å². The lowest BCUT2D eigenvalue weighted by Crippen LogP contribution is -2.33. The molecule has 3 rings (SSSR count). The van der Waals surface area contributed by atoms with Gasteiger partial charge in [0.2, 0.25) is 0 Å². The average molecular weight is 521 g/mol. The van der Waals surface area contributed by atoms with Crippen LogP contribution in [0, 0.1) is 4.78 Å². The molecule has 7 nitrogen and oxygen atoms in total. The lowest BCUT2D eigenvalue weighted by atomic mass is 10.1. The van der Waals surface area contributed by atoms with E-state index in [1.807, 2.05) is 12.2 Å². The number of unbranched alkanes of at least 4 members (excludes halogenated alkanes) is 1. The van der Waals surface area contributed by atoms with Crippen LogP contribution in [0.25, 0.3) is 0 Å². The third-order valence-electron chi connectivity index (χ3n) is 4.92. The highest BCUT2D eigenvalue weighted by Gasteiger charge is 2.29. The van der Waals surface area contributed by atoms with Gasteiger partial charge in [0.1, 0.15) is 17.2 Å². The third kappa shape index (κ3) is 7.64. The van der Waals surface area contributed by atoms with E-state index in [4.69, 9.17) is 9.52 Å². The van der Waals surface area contributed by atoms with Gasteiger partial charge < -0.3 is 15.4 Å². The van der Waals surface area contributed by atoms with Crippen LogP contribution in [0.3, 0.4) is 0 Å². The fraction of sp³-hybridized carbons (Fsp3) is 0.240. The quantitative estimate of drug-likeness (QED) is 0.219. The van der Waals surface area contributed by atoms with Gasteiger partial charge in [-0.15, -0.1) is 0 Å². The van der Waals surface area contributed by atoms with Gasteiger partial charge >= 0.3 is 6.18 Å². The molecule has 0 aliphatic heterocycles. The van der Waals surface area contributed by atoms with Crippen molar-refractivity contribution < 1.29 is 26.9 Å². The predicted octanol–water partition coefficient (Wildman–Crippen LogP) is 6.42. The minimum atomic E-state index is -4.60. The van der Waals surface area contributed by atoms with E-state index in [0.29, 0.717) is 18.0 Å². The molecule has 4 N–H and O–H groups in total. The van der Waals surface area contributed by atoms with Crippen LogP contribution in [-0.2, 0) is 9.92 Å². The van der Waals surface area contributed by atoms with E-state index in [0.717, 1.165) is 18.9 Å². The van der Waals surface area contributed by atoms with Crippen molar-refractivity contribution in [3.8, 4) is 11.5 Å². The van der Waals surface area contributed by atoms with E-state index in [9.17, 15) is 22.2 Å². The molecule has 1 unspecified atom stereocenters. The second-order valence-corrected chi connectivity index (χ2v) is 9.62. The van der Waals surface area contributed by atoms with Gasteiger partial charge in [-0.05, 0) is 42.8 Å². The normalized spacial score (nSPS) is 12.9. The second-order valence-electron chi connectivity index (χ2n) is 7.87. The highest BCUT2D eigenvalue weighted by atomic mass is 32.2. The molecule has 36 heavy (non-hydrogen) atoms. The fourth-order valence-corrected chi connectivity index (χ4v) is 4.48. The van der Waals surface area contributed by atoms with Crippen LogP contribution in [0.4, 0.5) is 24.5 Å². The van der Waals surface area contributed by atoms with Crippen LogP contribution in [0.5, 0.6) is 11.5 Å². The average Bonchev–Trinajstić information content (AvgIpc) is 2.84. The Kier molecular flexibility index (Phi) is 8.81. The Hall–Kier alpha value is -3.73. The molecule has 192 valence electrons. The van der Waals surface area contributed by atoms with Gasteiger partial charge in [-0.1, -0.05) is 49.7 Å². The minimum absolute atomic E-state index is 0.0353. The summed E-state index contributed by atoms with van der Waals surface area (Å²) in [6.07, 6.45) is -3.00. The number of benzene rings is 3. The van der Waals surface area contributed by atoms with Crippen LogP contribution in [0.15, 0.2) is 77.7 Å². The number of ether oxygens (including phenoxy) is 1. The summed E-state index contributed by atoms with van der Waals surface area (Å²) in [6, 6.07) is 19.4. The maximum atomic E-state index is 13.7. The first-order valence-electron chi connectivity index (χ1n) is 11.2. The Morgan fingerprint density at radius 3 is 2.28 bits per heavy atom. The molecule has 0 aliphatic rings. The highest BCUT2D eigenvalue weighted by Crippen LogP contribution is 2.38. The topological polar surface area (TPSA) is 103 Å². The number of anilines is 2. The Labute approximate surface area is 208 Å². The van der Waals surface area contributed by atoms with Crippen molar-refractivity contribution in [1.82, 2.24) is 5.32 Å². The first-order chi connectivity index (χ1) is 17.1. The van der Waals surface area contributed by atoms with Gasteiger partial charge in [-0.2, -0.15) is 13.2 Å². The summed E-state index contributed by atoms with van der Waals surface area (Å²) in [5.41, 5.74) is 0.427. The van der Waals surface area contributed by atoms with Crippen molar-refractivity contribution in [2.75, 3.05) is 23.1 Å². The van der Waals surface area contributed by atoms with Crippen LogP contribution in [-0.4, -0.2) is 29.4 Å². The zero-order chi connectivity index (χ0) is 26.2. The molecule has 0 fully saturated rings. The van der Waals surface area contributed by atoms with Crippen LogP contribution < -0.4 is 20.1 Å². The summed E-state index contributed by atoms with van der Waals surface area (Å²) in [5, 5.41) is 4.94. The SMILES string of the molecule is CCCCNc1cc(C(=O)NCC(F)(F)F)cc(S(=N)(=O)Nc2ccccc2)c1Oc1ccccc1. The van der Waals surface area contributed by atoms with Crippen molar-refractivity contribution in [1.29, 1.82) is 4.78 Å². The van der Waals surface area contributed by atoms with E-state index >= 15 is 0 Å². The Bertz CT molecular complexity index is 1270. The number of hydrogen-bond acceptors (Lipinski definition) is 5. The molecule has 11 heteroatoms. The molecule has 0 saturated carbocycles. The maximum Gasteiger partial charge on any atom is 0.405 e. The van der Waals surface area contributed by atoms with E-state index in [1.165, 1.54) is 6.07 Å². The van der Waals surface area contributed by atoms with Gasteiger partial charge in [0, 0.05) is 17.8 Å². The summed E-state index contributed by atoms with van der Waals surface area (Å²) in [7, 11) is -3.83. The van der Waals surface area contributed by atoms with Crippen molar-refractivity contribution >= 4 is 27.2 Å². The smallest absolute Gasteiger partial charge is 0.405 e. The van der Waals surface area contributed by atoms with Crippen molar-refractivity contribution in [2.45, 2.75) is 30.8 Å². The number of para-hydroxylation sites is 2. The fourth-order valence-electron chi connectivity index (χ4n) is 3.20. The Morgan fingerprint density at radius 2 is 1.67 bits per heavy atom. The number of hydrogen-bond donors (Lipinski definition) is 4. The minimum Gasteiger partial charge on any atom is -0.454 e. The van der Waals surface area contributed by atoms with Crippen LogP contribution in [0.2, 0.25) is 0 Å². The number of carbonyl (C=O) groups is 1. The van der Waals surface area contributed by atoms with Gasteiger partial charge in [-0.25, -0.2) is 8.99 Å². The van der Waals surface area contributed by atoms with E-state index in [-0.39, 0.29) is 21.9 Å². The van der Waals surface area contributed by atoms with E-state index < -0.39 is 28.5 Å². The number of carbonyl (C=O) groups excluding carboxylic acids is 1. The van der Waals surface area contributed by atoms with Gasteiger partial charge in [0.05, 0.1) is 5.69 Å². The molecule has 0 radical (unpaired) electrons. The second kappa shape index (κ2) is 11.8. The van der Waals surface area contributed by atoms with Crippen LogP contribution in [0.1, 0.15) is 30.1 Å². The molecule has 0 spiro atoms. The standard InChI is InChI=1S/C25H27F3N4O3S/c1-2-3-14-30-21-15-18(24(33)31-17-25(26,27)28)16-22(23(21)35-20-12-8-5-9-13-20)36(29,34)32-19-10-6-4-7-11-19/h4-13,15-16,30H,2-3,14,17H2,1H3,(H,31,33)(H2,29,32,34). The van der Waals surface area contributed by atoms with Crippen LogP contribution >= 0.6 is 0 Å². The molecular formula is C25H27F3N4O3S. The number of halogens is 3. The summed E-state index contributed by atoms with van der Waals surface area (Å²) in [6.45, 7) is 0.913. The number of amides is 1. The maximum absolute atomic E-state index is 13.7. The molecule has 0 saturated heterocycles. The molecule has 0 aliphatic carbocycles. The summed E-state index contributed by atoms with van der Waals surface area (Å²) < 4.78 is 69.1. The summed E-state index contributed by atoms with van der Waals surface area (Å²) in [4.78, 5) is 12.4. The van der Waals surface area contributed by atoms with E-state index in [1.54, 1.807) is 60.7 Å². The lowest BCUT2D eigenvalue weighted by molar-refractivity contribution is -0.123. The van der Waals surface area contributed by atoms with Crippen molar-refractivity contribution in [3.63, 3.8) is 0 Å². The summed E-state index contributed by atoms with van der Waals surface area (Å²) >= 11 is 0. The first-order valence-corrected chi connectivity index (χ1v) is 12.8. The molecule has 1 atom stereocenters. The molecule has 0 heterocycles. The zero-order valence-corrected chi connectivity index (χ0v) is 20.3. The van der Waals surface area contributed by atoms with Crippen molar-refractivity contribution in [3.05, 3.63) is 78.4 Å². The molecule has 0 aromatic heterocycles. The third-order valence-corrected chi connectivity index (χ3v) is 6.37. The van der Waals surface area contributed by atoms with Gasteiger partial charge in [-0.3, -0.25) is 9.52 Å². The Balaban J connectivity index is 2.13. The molecular weight excluding hydrogens is 493 g/mol. The number of nitrogens with one attached hydrogen (secondary N) is 4. The number of alkyl halides is 3. The molecule has 1 amide bonds. The largest absolute Gasteiger partial charge is 0.454 e. The van der Waals surface area contributed by atoms with Gasteiger partial charge in [0.25, 0.3) is 5.91 Å². The lowest BCUT2D eigenvalue weighted by Gasteiger charge is -2.21. The van der Waals surface area contributed by atoms with Crippen molar-refractivity contribution in [2.24, 2.45) is 0 Å². The zero-order valence-electron chi connectivity index (χ0n) is 19.5.